The van der Waals surface area contributed by atoms with Crippen LogP contribution in [0.25, 0.3) is 0 Å². The van der Waals surface area contributed by atoms with Crippen LogP contribution in [0.5, 0.6) is 5.75 Å². The molecular formula is C32H41Cl2N2ORu-. The number of hydrogen-bond donors (Lipinski definition) is 0. The number of aryl methyl sites for hydroxylation is 6. The zero-order valence-electron chi connectivity index (χ0n) is 23.9. The smallest absolute Gasteiger partial charge is 0.0420 e. The Labute approximate surface area is 243 Å². The van der Waals surface area contributed by atoms with E-state index in [2.05, 4.69) is 82.5 Å². The van der Waals surface area contributed by atoms with Crippen molar-refractivity contribution in [3.63, 3.8) is 0 Å². The molecule has 208 valence electrons. The number of halogens is 2. The van der Waals surface area contributed by atoms with Crippen LogP contribution in [0, 0.1) is 48.5 Å². The number of rotatable bonds is 5. The first-order chi connectivity index (χ1) is 17.9. The molecule has 38 heavy (non-hydrogen) atoms. The molecule has 0 radical (unpaired) electrons. The van der Waals surface area contributed by atoms with Crippen molar-refractivity contribution in [2.45, 2.75) is 67.7 Å². The minimum atomic E-state index is -1.77. The monoisotopic (exact) mass is 641 g/mol. The summed E-state index contributed by atoms with van der Waals surface area (Å²) in [5, 5.41) is 0. The summed E-state index contributed by atoms with van der Waals surface area (Å²) in [6.07, 6.45) is 0.293. The molecule has 1 fully saturated rings. The van der Waals surface area contributed by atoms with Crippen molar-refractivity contribution < 1.29 is 18.3 Å². The first-order valence-electron chi connectivity index (χ1n) is 13.0. The van der Waals surface area contributed by atoms with Crippen molar-refractivity contribution in [3.8, 4) is 5.75 Å². The molecule has 1 saturated heterocycles. The van der Waals surface area contributed by atoms with Gasteiger partial charge in [0.25, 0.3) is 0 Å². The minimum absolute atomic E-state index is 0.130. The van der Waals surface area contributed by atoms with E-state index in [1.165, 1.54) is 44.8 Å². The Hall–Kier alpha value is -1.87. The van der Waals surface area contributed by atoms with Gasteiger partial charge in [-0.3, -0.25) is 0 Å². The number of benzene rings is 3. The van der Waals surface area contributed by atoms with Crippen LogP contribution < -0.4 is 14.5 Å². The van der Waals surface area contributed by atoms with Crippen molar-refractivity contribution in [2.24, 2.45) is 0 Å². The fourth-order valence-corrected chi connectivity index (χ4v) is 7.27. The van der Waals surface area contributed by atoms with Gasteiger partial charge >= 0.3 is 97.8 Å². The Balaban J connectivity index is 0.000000244. The molecule has 3 aromatic rings. The molecule has 4 rings (SSSR count). The van der Waals surface area contributed by atoms with Gasteiger partial charge in [-0.25, -0.2) is 0 Å². The maximum absolute atomic E-state index is 5.82. The second kappa shape index (κ2) is 13.5. The molecule has 1 heterocycles. The molecule has 0 aliphatic carbocycles. The number of nitrogens with zero attached hydrogens (tertiary/aromatic N) is 2. The van der Waals surface area contributed by atoms with Crippen LogP contribution in [0.3, 0.4) is 0 Å². The number of ether oxygens (including phenoxy) is 1. The topological polar surface area (TPSA) is 15.7 Å². The van der Waals surface area contributed by atoms with Gasteiger partial charge < -0.3 is 16.7 Å². The fraction of sp³-hybridized carbons (Fsp3) is 0.375. The minimum Gasteiger partial charge on any atom is -0.378 e. The number of anilines is 2. The van der Waals surface area contributed by atoms with Gasteiger partial charge in [0.15, 0.2) is 0 Å². The van der Waals surface area contributed by atoms with Crippen molar-refractivity contribution in [3.05, 3.63) is 94.4 Å². The van der Waals surface area contributed by atoms with E-state index in [4.69, 9.17) is 24.1 Å². The van der Waals surface area contributed by atoms with Crippen LogP contribution in [0.4, 0.5) is 11.4 Å². The van der Waals surface area contributed by atoms with E-state index in [0.717, 1.165) is 24.4 Å². The first-order valence-corrected chi connectivity index (χ1v) is 18.5. The molecule has 0 unspecified atom stereocenters. The fourth-order valence-electron chi connectivity index (χ4n) is 5.46. The predicted molar refractivity (Wildman–Crippen MR) is 164 cm³/mol. The summed E-state index contributed by atoms with van der Waals surface area (Å²) >= 11 is -1.77. The third-order valence-corrected chi connectivity index (χ3v) is 8.45. The largest absolute Gasteiger partial charge is 0.378 e. The summed E-state index contributed by atoms with van der Waals surface area (Å²) in [7, 11) is 11.6. The van der Waals surface area contributed by atoms with Crippen molar-refractivity contribution in [1.29, 1.82) is 0 Å². The Kier molecular flexibility index (Phi) is 10.9. The third-order valence-electron chi connectivity index (χ3n) is 6.62. The van der Waals surface area contributed by atoms with Gasteiger partial charge in [0.2, 0.25) is 0 Å². The molecule has 1 aliphatic rings. The van der Waals surface area contributed by atoms with Gasteiger partial charge in [-0.05, 0) is 70.0 Å². The zero-order valence-corrected chi connectivity index (χ0v) is 27.1. The Bertz CT molecular complexity index is 1190. The average Bonchev–Trinajstić information content (AvgIpc) is 3.14. The quantitative estimate of drug-likeness (QED) is 0.205. The molecule has 0 amide bonds. The number of para-hydroxylation sites is 1. The summed E-state index contributed by atoms with van der Waals surface area (Å²) < 4.78 is 7.51. The second-order valence-corrected chi connectivity index (χ2v) is 16.1. The van der Waals surface area contributed by atoms with Gasteiger partial charge in [-0.2, -0.15) is 0 Å². The molecule has 3 nitrogen and oxygen atoms in total. The van der Waals surface area contributed by atoms with Gasteiger partial charge in [-0.15, -0.1) is 0 Å². The molecule has 0 N–H and O–H groups in total. The van der Waals surface area contributed by atoms with Crippen LogP contribution in [0.15, 0.2) is 48.5 Å². The second-order valence-electron chi connectivity index (χ2n) is 10.4. The third kappa shape index (κ3) is 7.62. The van der Waals surface area contributed by atoms with E-state index in [0.29, 0.717) is 0 Å². The van der Waals surface area contributed by atoms with E-state index in [-0.39, 0.29) is 12.3 Å². The molecule has 3 aromatic carbocycles. The molecule has 0 aromatic heterocycles. The standard InChI is InChI=1S/C22H29N2.C10H12O.2ClH.Ru/c1-14-10-16(3)21(17(4)11-14)23-8-9-24(20(23)7)22-18(5)12-15(2)13-19(22)6;1-8(2)11-10-7-5-4-6-9(10)3;;;/h10-13,20H,7-9H2,1-6H3;3-8H,1-2H3;2*1H;/q-1;;;;+2/p-2. The maximum Gasteiger partial charge on any atom is 0.0420 e. The van der Waals surface area contributed by atoms with Gasteiger partial charge in [0.05, 0.1) is 0 Å². The normalized spacial score (nSPS) is 13.9. The molecular weight excluding hydrogens is 600 g/mol. The van der Waals surface area contributed by atoms with Gasteiger partial charge in [0.1, 0.15) is 0 Å². The summed E-state index contributed by atoms with van der Waals surface area (Å²) in [5.74, 6) is 0.850. The number of hydrogen-bond acceptors (Lipinski definition) is 3. The van der Waals surface area contributed by atoms with E-state index in [1.807, 2.05) is 42.7 Å². The summed E-state index contributed by atoms with van der Waals surface area (Å²) in [5.41, 5.74) is 11.7. The van der Waals surface area contributed by atoms with E-state index in [9.17, 15) is 0 Å². The van der Waals surface area contributed by atoms with Crippen molar-refractivity contribution >= 4 is 35.4 Å². The van der Waals surface area contributed by atoms with Crippen LogP contribution in [0.1, 0.15) is 52.8 Å². The molecule has 0 saturated carbocycles. The Morgan fingerprint density at radius 2 is 1.24 bits per heavy atom. The molecule has 0 spiro atoms. The molecule has 0 bridgehead atoms. The Morgan fingerprint density at radius 1 is 0.816 bits per heavy atom. The van der Waals surface area contributed by atoms with Crippen molar-refractivity contribution in [2.75, 3.05) is 22.9 Å². The molecule has 0 atom stereocenters. The van der Waals surface area contributed by atoms with Crippen LogP contribution in [-0.2, 0) is 13.5 Å². The molecule has 6 heteroatoms. The SMILES string of the molecule is CC(C)Oc1ccccc1[CH]=[Ru]([Cl])[Cl].[CH2-]C1N(c2c(C)cc(C)cc2C)CCN1c1c(C)cc(C)cc1C. The van der Waals surface area contributed by atoms with Crippen LogP contribution in [-0.4, -0.2) is 30.0 Å². The average molecular weight is 642 g/mol. The van der Waals surface area contributed by atoms with Crippen molar-refractivity contribution in [1.82, 2.24) is 0 Å². The van der Waals surface area contributed by atoms with E-state index < -0.39 is 13.5 Å². The summed E-state index contributed by atoms with van der Waals surface area (Å²) in [6, 6.07) is 16.9. The summed E-state index contributed by atoms with van der Waals surface area (Å²) in [4.78, 5) is 4.92. The molecule has 1 aliphatic heterocycles. The predicted octanol–water partition coefficient (Wildman–Crippen LogP) is 8.57. The van der Waals surface area contributed by atoms with Crippen LogP contribution in [0.2, 0.25) is 0 Å². The zero-order chi connectivity index (χ0) is 28.1. The van der Waals surface area contributed by atoms with Gasteiger partial charge in [-0.1, -0.05) is 35.4 Å². The van der Waals surface area contributed by atoms with E-state index >= 15 is 0 Å². The summed E-state index contributed by atoms with van der Waals surface area (Å²) in [6.45, 7) is 23.7. The maximum atomic E-state index is 5.82. The van der Waals surface area contributed by atoms with E-state index in [1.54, 1.807) is 0 Å². The van der Waals surface area contributed by atoms with Gasteiger partial charge in [0, 0.05) is 24.5 Å². The Morgan fingerprint density at radius 3 is 1.63 bits per heavy atom. The van der Waals surface area contributed by atoms with Crippen LogP contribution >= 0.6 is 19.4 Å². The first kappa shape index (κ1) is 30.7.